The molecule has 2 aromatic heterocycles. The van der Waals surface area contributed by atoms with Crippen molar-refractivity contribution in [2.45, 2.75) is 26.0 Å². The molecule has 1 amide bonds. The molecule has 0 spiro atoms. The van der Waals surface area contributed by atoms with Crippen LogP contribution in [0.25, 0.3) is 9.88 Å². The summed E-state index contributed by atoms with van der Waals surface area (Å²) in [5, 5.41) is 4.87. The molecule has 0 aliphatic carbocycles. The van der Waals surface area contributed by atoms with Crippen molar-refractivity contribution in [1.82, 2.24) is 9.88 Å². The highest BCUT2D eigenvalue weighted by Crippen LogP contribution is 2.28. The maximum atomic E-state index is 12.3. The lowest BCUT2D eigenvalue weighted by molar-refractivity contribution is -0.128. The van der Waals surface area contributed by atoms with Gasteiger partial charge in [-0.2, -0.15) is 0 Å². The molecule has 0 radical (unpaired) electrons. The maximum Gasteiger partial charge on any atom is 0.338 e. The van der Waals surface area contributed by atoms with Crippen LogP contribution >= 0.6 is 22.7 Å². The van der Waals surface area contributed by atoms with Crippen LogP contribution in [0.5, 0.6) is 0 Å². The van der Waals surface area contributed by atoms with Crippen molar-refractivity contribution in [3.8, 4) is 9.88 Å². The van der Waals surface area contributed by atoms with Gasteiger partial charge in [-0.05, 0) is 35.6 Å². The number of likely N-dealkylation sites (tertiary alicyclic amines) is 1. The Hall–Kier alpha value is -2.51. The Bertz CT molecular complexity index is 933. The lowest BCUT2D eigenvalue weighted by atomic mass is 10.1. The zero-order chi connectivity index (χ0) is 18.6. The minimum atomic E-state index is -0.371. The van der Waals surface area contributed by atoms with Crippen LogP contribution < -0.4 is 0 Å². The summed E-state index contributed by atoms with van der Waals surface area (Å²) in [7, 11) is 0. The number of amides is 1. The molecule has 0 N–H and O–H groups in total. The summed E-state index contributed by atoms with van der Waals surface area (Å²) in [5.41, 5.74) is 2.27. The number of benzene rings is 1. The molecular weight excluding hydrogens is 380 g/mol. The van der Waals surface area contributed by atoms with E-state index in [-0.39, 0.29) is 18.5 Å². The Labute approximate surface area is 165 Å². The van der Waals surface area contributed by atoms with E-state index in [9.17, 15) is 9.59 Å². The Kier molecular flexibility index (Phi) is 5.31. The number of carbonyl (C=O) groups is 2. The molecular formula is C20H18N2O3S2. The van der Waals surface area contributed by atoms with E-state index in [0.29, 0.717) is 18.5 Å². The van der Waals surface area contributed by atoms with E-state index in [2.05, 4.69) is 4.98 Å². The smallest absolute Gasteiger partial charge is 0.338 e. The quantitative estimate of drug-likeness (QED) is 0.579. The summed E-state index contributed by atoms with van der Waals surface area (Å²) < 4.78 is 5.38. The van der Waals surface area contributed by atoms with E-state index < -0.39 is 0 Å². The summed E-state index contributed by atoms with van der Waals surface area (Å²) in [6.07, 6.45) is 1.56. The van der Waals surface area contributed by atoms with Crippen LogP contribution in [0.2, 0.25) is 0 Å². The van der Waals surface area contributed by atoms with Gasteiger partial charge in [-0.3, -0.25) is 4.79 Å². The summed E-state index contributed by atoms with van der Waals surface area (Å²) in [6.45, 7) is 1.56. The first-order valence-corrected chi connectivity index (χ1v) is 10.5. The van der Waals surface area contributed by atoms with Crippen molar-refractivity contribution < 1.29 is 14.3 Å². The predicted octanol–water partition coefficient (Wildman–Crippen LogP) is 4.35. The molecule has 3 heterocycles. The van der Waals surface area contributed by atoms with Crippen molar-refractivity contribution in [2.24, 2.45) is 0 Å². The molecule has 1 aromatic carbocycles. The highest BCUT2D eigenvalue weighted by atomic mass is 32.1. The number of thiophene rings is 1. The molecule has 1 aliphatic rings. The van der Waals surface area contributed by atoms with Crippen LogP contribution in [-0.2, 0) is 22.7 Å². The topological polar surface area (TPSA) is 59.5 Å². The number of aromatic nitrogens is 1. The standard InChI is InChI=1S/C20H18N2O3S2/c23-18-4-1-9-22(18)11-14-5-7-15(8-6-14)20(24)25-12-16-13-27-19(21-16)17-3-2-10-26-17/h2-3,5-8,10,13H,1,4,9,11-12H2. The molecule has 4 rings (SSSR count). The minimum Gasteiger partial charge on any atom is -0.456 e. The first-order chi connectivity index (χ1) is 13.2. The van der Waals surface area contributed by atoms with Crippen molar-refractivity contribution in [1.29, 1.82) is 0 Å². The predicted molar refractivity (Wildman–Crippen MR) is 106 cm³/mol. The van der Waals surface area contributed by atoms with Crippen molar-refractivity contribution in [3.05, 3.63) is 64.0 Å². The Morgan fingerprint density at radius 1 is 1.19 bits per heavy atom. The Morgan fingerprint density at radius 2 is 2.04 bits per heavy atom. The molecule has 27 heavy (non-hydrogen) atoms. The highest BCUT2D eigenvalue weighted by Gasteiger charge is 2.20. The minimum absolute atomic E-state index is 0.157. The summed E-state index contributed by atoms with van der Waals surface area (Å²) >= 11 is 3.19. The number of hydrogen-bond acceptors (Lipinski definition) is 6. The summed E-state index contributed by atoms with van der Waals surface area (Å²) in [4.78, 5) is 31.4. The van der Waals surface area contributed by atoms with Gasteiger partial charge in [0.1, 0.15) is 11.6 Å². The lowest BCUT2D eigenvalue weighted by Crippen LogP contribution is -2.23. The van der Waals surface area contributed by atoms with Crippen LogP contribution in [0, 0.1) is 0 Å². The molecule has 0 bridgehead atoms. The molecule has 0 atom stereocenters. The fourth-order valence-electron chi connectivity index (χ4n) is 2.95. The zero-order valence-electron chi connectivity index (χ0n) is 14.6. The second-order valence-corrected chi connectivity index (χ2v) is 8.12. The van der Waals surface area contributed by atoms with E-state index in [1.54, 1.807) is 34.8 Å². The van der Waals surface area contributed by atoms with Gasteiger partial charge >= 0.3 is 5.97 Å². The van der Waals surface area contributed by atoms with Gasteiger partial charge < -0.3 is 9.64 Å². The fraction of sp³-hybridized carbons (Fsp3) is 0.250. The van der Waals surface area contributed by atoms with Crippen molar-refractivity contribution >= 4 is 34.6 Å². The van der Waals surface area contributed by atoms with Gasteiger partial charge in [0.05, 0.1) is 16.1 Å². The van der Waals surface area contributed by atoms with Crippen LogP contribution in [0.3, 0.4) is 0 Å². The summed E-state index contributed by atoms with van der Waals surface area (Å²) in [5.74, 6) is -0.173. The molecule has 0 saturated carbocycles. The second kappa shape index (κ2) is 8.02. The third-order valence-corrected chi connectivity index (χ3v) is 6.30. The highest BCUT2D eigenvalue weighted by molar-refractivity contribution is 7.20. The average molecular weight is 399 g/mol. The van der Waals surface area contributed by atoms with Crippen LogP contribution in [0.1, 0.15) is 34.5 Å². The number of nitrogens with zero attached hydrogens (tertiary/aromatic N) is 2. The number of rotatable bonds is 6. The number of hydrogen-bond donors (Lipinski definition) is 0. The van der Waals surface area contributed by atoms with Gasteiger partial charge in [0.15, 0.2) is 0 Å². The maximum absolute atomic E-state index is 12.3. The molecule has 0 unspecified atom stereocenters. The van der Waals surface area contributed by atoms with Gasteiger partial charge in [0.2, 0.25) is 5.91 Å². The molecule has 138 valence electrons. The number of ether oxygens (including phenoxy) is 1. The number of esters is 1. The van der Waals surface area contributed by atoms with Gasteiger partial charge in [0, 0.05) is 24.9 Å². The van der Waals surface area contributed by atoms with Gasteiger partial charge in [-0.1, -0.05) is 18.2 Å². The van der Waals surface area contributed by atoms with E-state index in [0.717, 1.165) is 34.1 Å². The Balaban J connectivity index is 1.32. The van der Waals surface area contributed by atoms with Crippen LogP contribution in [0.4, 0.5) is 0 Å². The molecule has 1 fully saturated rings. The Morgan fingerprint density at radius 3 is 2.74 bits per heavy atom. The van der Waals surface area contributed by atoms with Gasteiger partial charge in [0.25, 0.3) is 0 Å². The summed E-state index contributed by atoms with van der Waals surface area (Å²) in [6, 6.07) is 11.3. The number of thiazole rings is 1. The van der Waals surface area contributed by atoms with Gasteiger partial charge in [-0.15, -0.1) is 22.7 Å². The molecule has 3 aromatic rings. The fourth-order valence-corrected chi connectivity index (χ4v) is 4.57. The largest absolute Gasteiger partial charge is 0.456 e. The third kappa shape index (κ3) is 4.26. The van der Waals surface area contributed by atoms with Crippen molar-refractivity contribution in [3.63, 3.8) is 0 Å². The zero-order valence-corrected chi connectivity index (χ0v) is 16.2. The first kappa shape index (κ1) is 17.9. The normalized spacial score (nSPS) is 13.9. The van der Waals surface area contributed by atoms with Crippen LogP contribution in [-0.4, -0.2) is 28.3 Å². The molecule has 1 aliphatic heterocycles. The van der Waals surface area contributed by atoms with E-state index in [4.69, 9.17) is 4.74 Å². The van der Waals surface area contributed by atoms with Crippen molar-refractivity contribution in [2.75, 3.05) is 6.54 Å². The lowest BCUT2D eigenvalue weighted by Gasteiger charge is -2.15. The molecule has 1 saturated heterocycles. The average Bonchev–Trinajstić information content (AvgIpc) is 3.43. The third-order valence-electron chi connectivity index (χ3n) is 4.37. The van der Waals surface area contributed by atoms with E-state index in [1.807, 2.05) is 39.9 Å². The van der Waals surface area contributed by atoms with Crippen LogP contribution in [0.15, 0.2) is 47.2 Å². The number of carbonyl (C=O) groups excluding carboxylic acids is 2. The van der Waals surface area contributed by atoms with Gasteiger partial charge in [-0.25, -0.2) is 9.78 Å². The second-order valence-electron chi connectivity index (χ2n) is 6.31. The monoisotopic (exact) mass is 398 g/mol. The first-order valence-electron chi connectivity index (χ1n) is 8.71. The van der Waals surface area contributed by atoms with E-state index in [1.165, 1.54) is 0 Å². The SMILES string of the molecule is O=C(OCc1csc(-c2cccs2)n1)c1ccc(CN2CCCC2=O)cc1. The molecule has 5 nitrogen and oxygen atoms in total. The molecule has 7 heteroatoms. The van der Waals surface area contributed by atoms with E-state index >= 15 is 0 Å².